The average molecular weight is 358 g/mol. The molecule has 1 amide bonds. The minimum Gasteiger partial charge on any atom is -0.383 e. The minimum atomic E-state index is -0.521. The summed E-state index contributed by atoms with van der Waals surface area (Å²) in [6, 6.07) is 11.9. The number of amides is 1. The lowest BCUT2D eigenvalue weighted by atomic mass is 10.2. The van der Waals surface area contributed by atoms with E-state index >= 15 is 0 Å². The molecule has 0 spiro atoms. The summed E-state index contributed by atoms with van der Waals surface area (Å²) in [6.45, 7) is 1.69. The van der Waals surface area contributed by atoms with Gasteiger partial charge >= 0.3 is 0 Å². The molecule has 0 saturated carbocycles. The molecule has 1 atom stereocenters. The lowest BCUT2D eigenvalue weighted by Gasteiger charge is -2.13. The van der Waals surface area contributed by atoms with Gasteiger partial charge in [0.2, 0.25) is 5.91 Å². The molecule has 2 rings (SSSR count). The predicted octanol–water partition coefficient (Wildman–Crippen LogP) is 3.18. The lowest BCUT2D eigenvalue weighted by molar-refractivity contribution is -0.115. The first-order valence-electron chi connectivity index (χ1n) is 6.78. The van der Waals surface area contributed by atoms with Crippen molar-refractivity contribution in [3.05, 3.63) is 46.5 Å². The van der Waals surface area contributed by atoms with E-state index in [-0.39, 0.29) is 22.9 Å². The van der Waals surface area contributed by atoms with Gasteiger partial charge in [-0.1, -0.05) is 23.4 Å². The predicted molar refractivity (Wildman–Crippen MR) is 93.5 cm³/mol. The van der Waals surface area contributed by atoms with E-state index in [1.807, 2.05) is 12.1 Å². The van der Waals surface area contributed by atoms with Crippen LogP contribution in [0.15, 0.2) is 35.4 Å². The van der Waals surface area contributed by atoms with Gasteiger partial charge < -0.3 is 11.1 Å². The average Bonchev–Trinajstić information content (AvgIpc) is 2.57. The van der Waals surface area contributed by atoms with Gasteiger partial charge in [0.15, 0.2) is 0 Å². The third-order valence-electron chi connectivity index (χ3n) is 3.03. The molecule has 0 bridgehead atoms. The monoisotopic (exact) mass is 357 g/mol. The van der Waals surface area contributed by atoms with Crippen LogP contribution in [0.5, 0.6) is 0 Å². The Hall–Kier alpha value is -2.74. The number of anilines is 2. The second kappa shape index (κ2) is 7.69. The second-order valence-corrected chi connectivity index (χ2v) is 6.52. The number of nitriles is 2. The summed E-state index contributed by atoms with van der Waals surface area (Å²) in [5.41, 5.74) is 6.63. The molecule has 1 aromatic heterocycles. The first kappa shape index (κ1) is 17.6. The first-order valence-corrected chi connectivity index (χ1v) is 8.04. The molecule has 0 fully saturated rings. The zero-order valence-corrected chi connectivity index (χ0v) is 14.1. The quantitative estimate of drug-likeness (QED) is 0.812. The van der Waals surface area contributed by atoms with Crippen molar-refractivity contribution in [1.29, 1.82) is 10.5 Å². The Morgan fingerprint density at radius 3 is 2.50 bits per heavy atom. The number of aromatic nitrogens is 1. The molecule has 3 N–H and O–H groups in total. The van der Waals surface area contributed by atoms with Crippen LogP contribution in [0.1, 0.15) is 18.1 Å². The van der Waals surface area contributed by atoms with E-state index in [1.165, 1.54) is 6.07 Å². The number of nitrogens with zero attached hydrogens (tertiary/aromatic N) is 3. The van der Waals surface area contributed by atoms with Crippen LogP contribution < -0.4 is 11.1 Å². The molecule has 6 nitrogen and oxygen atoms in total. The van der Waals surface area contributed by atoms with Crippen LogP contribution in [-0.2, 0) is 4.79 Å². The number of rotatable bonds is 4. The molecular weight excluding hydrogens is 346 g/mol. The van der Waals surface area contributed by atoms with Gasteiger partial charge in [-0.2, -0.15) is 10.5 Å². The molecule has 0 aliphatic heterocycles. The van der Waals surface area contributed by atoms with E-state index in [0.717, 1.165) is 11.8 Å². The maximum atomic E-state index is 12.3. The molecule has 0 radical (unpaired) electrons. The van der Waals surface area contributed by atoms with E-state index in [9.17, 15) is 10.1 Å². The number of halogens is 1. The lowest BCUT2D eigenvalue weighted by Crippen LogP contribution is -2.22. The number of carbonyl (C=O) groups excluding carboxylic acids is 1. The van der Waals surface area contributed by atoms with E-state index < -0.39 is 5.25 Å². The van der Waals surface area contributed by atoms with Crippen molar-refractivity contribution in [2.24, 2.45) is 0 Å². The van der Waals surface area contributed by atoms with E-state index in [1.54, 1.807) is 31.2 Å². The normalized spacial score (nSPS) is 11.2. The van der Waals surface area contributed by atoms with Crippen LogP contribution in [0.3, 0.4) is 0 Å². The van der Waals surface area contributed by atoms with Gasteiger partial charge in [-0.05, 0) is 37.3 Å². The van der Waals surface area contributed by atoms with Gasteiger partial charge in [-0.3, -0.25) is 4.79 Å². The molecule has 2 aromatic rings. The molecular formula is C16H12ClN5OS. The standard InChI is InChI=1S/C16H12ClN5OS/c1-9(15(23)21-13-4-2-12(17)3-5-13)24-16-11(8-19)6-10(7-18)14(20)22-16/h2-6,9H,1H3,(H2,20,22)(H,21,23)/t9-/m1/s1. The van der Waals surface area contributed by atoms with Crippen molar-refractivity contribution in [3.63, 3.8) is 0 Å². The summed E-state index contributed by atoms with van der Waals surface area (Å²) < 4.78 is 0. The number of carbonyl (C=O) groups is 1. The van der Waals surface area contributed by atoms with Crippen molar-refractivity contribution in [2.75, 3.05) is 11.1 Å². The SMILES string of the molecule is C[C@@H](Sc1nc(N)c(C#N)cc1C#N)C(=O)Nc1ccc(Cl)cc1. The number of nitrogen functional groups attached to an aromatic ring is 1. The molecule has 0 aliphatic rings. The zero-order chi connectivity index (χ0) is 17.7. The Bertz CT molecular complexity index is 854. The Morgan fingerprint density at radius 1 is 1.29 bits per heavy atom. The summed E-state index contributed by atoms with van der Waals surface area (Å²) in [5, 5.41) is 21.2. The van der Waals surface area contributed by atoms with Crippen molar-refractivity contribution in [1.82, 2.24) is 4.98 Å². The van der Waals surface area contributed by atoms with Gasteiger partial charge in [0.25, 0.3) is 0 Å². The third-order valence-corrected chi connectivity index (χ3v) is 4.38. The zero-order valence-electron chi connectivity index (χ0n) is 12.6. The van der Waals surface area contributed by atoms with E-state index in [2.05, 4.69) is 10.3 Å². The summed E-state index contributed by atoms with van der Waals surface area (Å²) in [6.07, 6.45) is 0. The number of hydrogen-bond donors (Lipinski definition) is 2. The number of benzene rings is 1. The topological polar surface area (TPSA) is 116 Å². The summed E-state index contributed by atoms with van der Waals surface area (Å²) >= 11 is 6.90. The second-order valence-electron chi connectivity index (χ2n) is 4.75. The van der Waals surface area contributed by atoms with Crippen molar-refractivity contribution in [3.8, 4) is 12.1 Å². The van der Waals surface area contributed by atoms with Crippen LogP contribution >= 0.6 is 23.4 Å². The molecule has 0 aliphatic carbocycles. The van der Waals surface area contributed by atoms with Crippen molar-refractivity contribution < 1.29 is 4.79 Å². The number of hydrogen-bond acceptors (Lipinski definition) is 6. The Balaban J connectivity index is 2.14. The molecule has 1 aromatic carbocycles. The van der Waals surface area contributed by atoms with Crippen LogP contribution in [0.2, 0.25) is 5.02 Å². The fourth-order valence-corrected chi connectivity index (χ4v) is 2.78. The minimum absolute atomic E-state index is 0.0318. The van der Waals surface area contributed by atoms with Crippen LogP contribution in [0, 0.1) is 22.7 Å². The van der Waals surface area contributed by atoms with Crippen LogP contribution in [-0.4, -0.2) is 16.1 Å². The Morgan fingerprint density at radius 2 is 1.92 bits per heavy atom. The van der Waals surface area contributed by atoms with E-state index in [4.69, 9.17) is 22.6 Å². The third kappa shape index (κ3) is 4.17. The Labute approximate surface area is 148 Å². The maximum absolute atomic E-state index is 12.3. The van der Waals surface area contributed by atoms with Gasteiger partial charge in [-0.15, -0.1) is 0 Å². The highest BCUT2D eigenvalue weighted by atomic mass is 35.5. The molecule has 0 unspecified atom stereocenters. The highest BCUT2D eigenvalue weighted by molar-refractivity contribution is 8.00. The highest BCUT2D eigenvalue weighted by Gasteiger charge is 2.19. The molecule has 1 heterocycles. The van der Waals surface area contributed by atoms with Gasteiger partial charge in [0, 0.05) is 10.7 Å². The van der Waals surface area contributed by atoms with E-state index in [0.29, 0.717) is 15.7 Å². The number of nitrogens with one attached hydrogen (secondary N) is 1. The molecule has 120 valence electrons. The van der Waals surface area contributed by atoms with Gasteiger partial charge in [0.05, 0.1) is 16.4 Å². The molecule has 0 saturated heterocycles. The number of thioether (sulfide) groups is 1. The maximum Gasteiger partial charge on any atom is 0.237 e. The largest absolute Gasteiger partial charge is 0.383 e. The highest BCUT2D eigenvalue weighted by Crippen LogP contribution is 2.28. The fourth-order valence-electron chi connectivity index (χ4n) is 1.77. The smallest absolute Gasteiger partial charge is 0.237 e. The van der Waals surface area contributed by atoms with Gasteiger partial charge in [-0.25, -0.2) is 4.98 Å². The van der Waals surface area contributed by atoms with Gasteiger partial charge in [0.1, 0.15) is 23.0 Å². The number of nitrogens with two attached hydrogens (primary N) is 1. The van der Waals surface area contributed by atoms with Crippen LogP contribution in [0.25, 0.3) is 0 Å². The Kier molecular flexibility index (Phi) is 5.64. The summed E-state index contributed by atoms with van der Waals surface area (Å²) in [4.78, 5) is 16.3. The van der Waals surface area contributed by atoms with Crippen LogP contribution in [0.4, 0.5) is 11.5 Å². The fraction of sp³-hybridized carbons (Fsp3) is 0.125. The summed E-state index contributed by atoms with van der Waals surface area (Å²) in [7, 11) is 0. The van der Waals surface area contributed by atoms with Crippen molar-refractivity contribution >= 4 is 40.8 Å². The molecule has 8 heteroatoms. The summed E-state index contributed by atoms with van der Waals surface area (Å²) in [5.74, 6) is -0.222. The molecule has 24 heavy (non-hydrogen) atoms. The number of pyridine rings is 1. The first-order chi connectivity index (χ1) is 11.4. The van der Waals surface area contributed by atoms with Crippen molar-refractivity contribution in [2.45, 2.75) is 17.2 Å².